The number of nitrogens with one attached hydrogen (secondary N) is 1. The molecule has 0 fully saturated rings. The van der Waals surface area contributed by atoms with Gasteiger partial charge in [-0.2, -0.15) is 10.2 Å². The molecule has 0 bridgehead atoms. The summed E-state index contributed by atoms with van der Waals surface area (Å²) in [6.07, 6.45) is 9.10. The third-order valence-electron chi connectivity index (χ3n) is 6.35. The molecule has 5 aromatic heterocycles. The van der Waals surface area contributed by atoms with E-state index in [0.29, 0.717) is 28.8 Å². The van der Waals surface area contributed by atoms with Crippen LogP contribution in [0.25, 0.3) is 27.9 Å². The zero-order valence-corrected chi connectivity index (χ0v) is 20.8. The number of nitrogens with zero attached hydrogens (tertiary/aromatic N) is 7. The molecular formula is C28H26N8O. The number of aryl methyl sites for hydroxylation is 1. The number of pyridine rings is 2. The summed E-state index contributed by atoms with van der Waals surface area (Å²) in [4.78, 5) is 23.1. The lowest BCUT2D eigenvalue weighted by Gasteiger charge is -2.12. The Hall–Kier alpha value is -4.79. The number of anilines is 1. The molecule has 1 N–H and O–H groups in total. The first-order valence-electron chi connectivity index (χ1n) is 12.2. The minimum absolute atomic E-state index is 0.103. The first-order valence-corrected chi connectivity index (χ1v) is 12.2. The number of imidazole rings is 1. The quantitative estimate of drug-likeness (QED) is 0.349. The topological polar surface area (TPSA) is 94.9 Å². The van der Waals surface area contributed by atoms with Crippen LogP contribution in [0.2, 0.25) is 0 Å². The lowest BCUT2D eigenvalue weighted by atomic mass is 10.0. The summed E-state index contributed by atoms with van der Waals surface area (Å²) in [5.74, 6) is -0.238. The molecule has 0 aliphatic carbocycles. The molecule has 0 aliphatic heterocycles. The van der Waals surface area contributed by atoms with E-state index in [-0.39, 0.29) is 11.9 Å². The molecule has 6 aromatic rings. The fourth-order valence-electron chi connectivity index (χ4n) is 4.52. The standard InChI is InChI=1S/C28H26N8O/c1-18(2)36-27-24(14-30-36)23(12-25(33-27)22-9-5-4-8-19(22)3)28(37)32-20-13-29-35(16-20)17-21-15-34-11-7-6-10-26(34)31-21/h4-16,18H,17H2,1-3H3,(H,32,37). The van der Waals surface area contributed by atoms with E-state index in [0.717, 1.165) is 28.2 Å². The van der Waals surface area contributed by atoms with E-state index in [1.165, 1.54) is 0 Å². The van der Waals surface area contributed by atoms with E-state index in [2.05, 4.69) is 20.5 Å². The third-order valence-corrected chi connectivity index (χ3v) is 6.35. The van der Waals surface area contributed by atoms with Gasteiger partial charge >= 0.3 is 0 Å². The van der Waals surface area contributed by atoms with E-state index in [1.807, 2.05) is 90.8 Å². The molecule has 0 radical (unpaired) electrons. The van der Waals surface area contributed by atoms with Gasteiger partial charge in [0.2, 0.25) is 0 Å². The Labute approximate surface area is 213 Å². The normalized spacial score (nSPS) is 11.6. The van der Waals surface area contributed by atoms with Crippen LogP contribution in [0.5, 0.6) is 0 Å². The van der Waals surface area contributed by atoms with Gasteiger partial charge in [-0.15, -0.1) is 0 Å². The summed E-state index contributed by atoms with van der Waals surface area (Å²) >= 11 is 0. The smallest absolute Gasteiger partial charge is 0.256 e. The molecule has 5 heterocycles. The number of amides is 1. The Morgan fingerprint density at radius 2 is 1.84 bits per heavy atom. The number of fused-ring (bicyclic) bond motifs is 2. The van der Waals surface area contributed by atoms with Crippen molar-refractivity contribution in [3.63, 3.8) is 0 Å². The van der Waals surface area contributed by atoms with Crippen molar-refractivity contribution in [2.24, 2.45) is 0 Å². The number of aromatic nitrogens is 7. The van der Waals surface area contributed by atoms with Crippen LogP contribution in [0.3, 0.4) is 0 Å². The molecular weight excluding hydrogens is 464 g/mol. The highest BCUT2D eigenvalue weighted by Crippen LogP contribution is 2.28. The second kappa shape index (κ2) is 9.02. The van der Waals surface area contributed by atoms with E-state index < -0.39 is 0 Å². The second-order valence-electron chi connectivity index (χ2n) is 9.37. The van der Waals surface area contributed by atoms with Crippen LogP contribution in [0.4, 0.5) is 5.69 Å². The highest BCUT2D eigenvalue weighted by atomic mass is 16.1. The van der Waals surface area contributed by atoms with E-state index in [4.69, 9.17) is 4.98 Å². The molecule has 0 atom stereocenters. The number of benzene rings is 1. The molecule has 9 heteroatoms. The van der Waals surface area contributed by atoms with Crippen molar-refractivity contribution < 1.29 is 4.79 Å². The monoisotopic (exact) mass is 490 g/mol. The largest absolute Gasteiger partial charge is 0.319 e. The number of carbonyl (C=O) groups is 1. The molecule has 1 amide bonds. The van der Waals surface area contributed by atoms with Gasteiger partial charge < -0.3 is 9.72 Å². The summed E-state index contributed by atoms with van der Waals surface area (Å²) in [5.41, 5.74) is 6.37. The van der Waals surface area contributed by atoms with Gasteiger partial charge in [0, 0.05) is 30.2 Å². The van der Waals surface area contributed by atoms with Gasteiger partial charge in [0.25, 0.3) is 5.91 Å². The van der Waals surface area contributed by atoms with Crippen LogP contribution >= 0.6 is 0 Å². The summed E-state index contributed by atoms with van der Waals surface area (Å²) in [5, 5.41) is 12.6. The van der Waals surface area contributed by atoms with E-state index >= 15 is 0 Å². The molecule has 0 aliphatic rings. The molecule has 37 heavy (non-hydrogen) atoms. The highest BCUT2D eigenvalue weighted by Gasteiger charge is 2.20. The average Bonchev–Trinajstić information content (AvgIpc) is 3.61. The molecule has 0 saturated carbocycles. The van der Waals surface area contributed by atoms with E-state index in [9.17, 15) is 4.79 Å². The van der Waals surface area contributed by atoms with Crippen molar-refractivity contribution in [1.82, 2.24) is 33.9 Å². The second-order valence-corrected chi connectivity index (χ2v) is 9.37. The molecule has 0 spiro atoms. The Kier molecular flexibility index (Phi) is 5.52. The lowest BCUT2D eigenvalue weighted by Crippen LogP contribution is -2.13. The predicted octanol–water partition coefficient (Wildman–Crippen LogP) is 5.13. The van der Waals surface area contributed by atoms with Gasteiger partial charge in [-0.25, -0.2) is 14.6 Å². The van der Waals surface area contributed by atoms with Crippen LogP contribution in [-0.2, 0) is 6.54 Å². The minimum atomic E-state index is -0.238. The summed E-state index contributed by atoms with van der Waals surface area (Å²) in [6.45, 7) is 6.63. The zero-order valence-electron chi connectivity index (χ0n) is 20.8. The maximum Gasteiger partial charge on any atom is 0.256 e. The molecule has 9 nitrogen and oxygen atoms in total. The fraction of sp³-hybridized carbons (Fsp3) is 0.179. The first kappa shape index (κ1) is 22.7. The fourth-order valence-corrected chi connectivity index (χ4v) is 4.52. The van der Waals surface area contributed by atoms with Crippen LogP contribution < -0.4 is 5.32 Å². The number of hydrogen-bond acceptors (Lipinski definition) is 5. The van der Waals surface area contributed by atoms with Crippen LogP contribution in [0.15, 0.2) is 79.5 Å². The maximum absolute atomic E-state index is 13.5. The molecule has 184 valence electrons. The van der Waals surface area contributed by atoms with Crippen molar-refractivity contribution in [2.45, 2.75) is 33.4 Å². The average molecular weight is 491 g/mol. The van der Waals surface area contributed by atoms with Crippen LogP contribution in [0.1, 0.15) is 41.5 Å². The van der Waals surface area contributed by atoms with Crippen molar-refractivity contribution >= 4 is 28.3 Å². The van der Waals surface area contributed by atoms with Crippen molar-refractivity contribution in [3.05, 3.63) is 96.3 Å². The Balaban J connectivity index is 1.31. The van der Waals surface area contributed by atoms with Gasteiger partial charge in [0.1, 0.15) is 5.65 Å². The van der Waals surface area contributed by atoms with E-state index in [1.54, 1.807) is 23.3 Å². The van der Waals surface area contributed by atoms with Crippen LogP contribution in [-0.4, -0.2) is 39.8 Å². The third kappa shape index (κ3) is 4.24. The predicted molar refractivity (Wildman–Crippen MR) is 143 cm³/mol. The number of hydrogen-bond donors (Lipinski definition) is 1. The highest BCUT2D eigenvalue weighted by molar-refractivity contribution is 6.12. The van der Waals surface area contributed by atoms with Crippen molar-refractivity contribution in [1.29, 1.82) is 0 Å². The Morgan fingerprint density at radius 3 is 2.65 bits per heavy atom. The van der Waals surface area contributed by atoms with Gasteiger partial charge in [0.05, 0.1) is 47.0 Å². The number of carbonyl (C=O) groups excluding carboxylic acids is 1. The van der Waals surface area contributed by atoms with Crippen molar-refractivity contribution in [3.8, 4) is 11.3 Å². The lowest BCUT2D eigenvalue weighted by molar-refractivity contribution is 0.102. The first-order chi connectivity index (χ1) is 18.0. The summed E-state index contributed by atoms with van der Waals surface area (Å²) in [7, 11) is 0. The summed E-state index contributed by atoms with van der Waals surface area (Å²) < 4.78 is 5.58. The Bertz CT molecular complexity index is 1720. The van der Waals surface area contributed by atoms with Gasteiger partial charge in [0.15, 0.2) is 5.65 Å². The van der Waals surface area contributed by atoms with Gasteiger partial charge in [-0.1, -0.05) is 30.3 Å². The summed E-state index contributed by atoms with van der Waals surface area (Å²) in [6, 6.07) is 15.9. The molecule has 1 aromatic carbocycles. The minimum Gasteiger partial charge on any atom is -0.319 e. The Morgan fingerprint density at radius 1 is 1.00 bits per heavy atom. The van der Waals surface area contributed by atoms with Crippen LogP contribution in [0, 0.1) is 6.92 Å². The zero-order chi connectivity index (χ0) is 25.5. The molecule has 0 unspecified atom stereocenters. The molecule has 6 rings (SSSR count). The maximum atomic E-state index is 13.5. The SMILES string of the molecule is Cc1ccccc1-c1cc(C(=O)Nc2cnn(Cc3cn4ccccc4n3)c2)c2cnn(C(C)C)c2n1. The number of rotatable bonds is 6. The van der Waals surface area contributed by atoms with Crippen molar-refractivity contribution in [2.75, 3.05) is 5.32 Å². The van der Waals surface area contributed by atoms with Gasteiger partial charge in [-0.05, 0) is 44.5 Å². The molecule has 0 saturated heterocycles. The van der Waals surface area contributed by atoms with Gasteiger partial charge in [-0.3, -0.25) is 9.48 Å².